The summed E-state index contributed by atoms with van der Waals surface area (Å²) in [5, 5.41) is 9.30. The van der Waals surface area contributed by atoms with Crippen molar-refractivity contribution in [2.45, 2.75) is 39.7 Å². The fourth-order valence-corrected chi connectivity index (χ4v) is 1.68. The molecule has 0 aromatic heterocycles. The highest BCUT2D eigenvalue weighted by Crippen LogP contribution is 2.24. The molecule has 0 fully saturated rings. The molecule has 0 amide bonds. The number of aliphatic hydroxyl groups is 1. The number of hydrogen-bond acceptors (Lipinski definition) is 3. The second kappa shape index (κ2) is 5.47. The molecule has 0 rings (SSSR count). The first-order chi connectivity index (χ1) is 6.39. The topological polar surface area (TPSA) is 46.5 Å². The summed E-state index contributed by atoms with van der Waals surface area (Å²) in [5.74, 6) is 0.196. The molecule has 0 aliphatic carbocycles. The predicted octanol–water partition coefficient (Wildman–Crippen LogP) is 1.64. The molecule has 0 saturated heterocycles. The van der Waals surface area contributed by atoms with Gasteiger partial charge in [-0.3, -0.25) is 4.79 Å². The Kier molecular flexibility index (Phi) is 5.31. The lowest BCUT2D eigenvalue weighted by Crippen LogP contribution is -2.47. The molecular formula is C11H22O3. The fourth-order valence-electron chi connectivity index (χ4n) is 1.68. The Morgan fingerprint density at radius 2 is 1.86 bits per heavy atom. The van der Waals surface area contributed by atoms with Gasteiger partial charge >= 0.3 is 0 Å². The quantitative estimate of drug-likeness (QED) is 0.712. The third-order valence-corrected chi connectivity index (χ3v) is 2.36. The van der Waals surface area contributed by atoms with Gasteiger partial charge in [0.15, 0.2) is 5.78 Å². The standard InChI is InChI=1S/C11H22O3/c1-8(2)6-11(7-12,14-5)10(13)9(3)4/h8-9,12H,6-7H2,1-5H3. The molecule has 0 aromatic rings. The maximum Gasteiger partial charge on any atom is 0.169 e. The van der Waals surface area contributed by atoms with Gasteiger partial charge in [-0.25, -0.2) is 0 Å². The van der Waals surface area contributed by atoms with Crippen LogP contribution >= 0.6 is 0 Å². The molecule has 0 spiro atoms. The second-order valence-electron chi connectivity index (χ2n) is 4.47. The third-order valence-electron chi connectivity index (χ3n) is 2.36. The van der Waals surface area contributed by atoms with Crippen LogP contribution in [0, 0.1) is 11.8 Å². The minimum atomic E-state index is -0.998. The Hall–Kier alpha value is -0.410. The van der Waals surface area contributed by atoms with E-state index >= 15 is 0 Å². The highest BCUT2D eigenvalue weighted by Gasteiger charge is 2.39. The number of carbonyl (C=O) groups excluding carboxylic acids is 1. The molecule has 0 aromatic carbocycles. The monoisotopic (exact) mass is 202 g/mol. The molecule has 1 unspecified atom stereocenters. The first-order valence-corrected chi connectivity index (χ1v) is 5.10. The van der Waals surface area contributed by atoms with Gasteiger partial charge in [-0.05, 0) is 12.3 Å². The summed E-state index contributed by atoms with van der Waals surface area (Å²) >= 11 is 0. The molecular weight excluding hydrogens is 180 g/mol. The van der Waals surface area contributed by atoms with E-state index in [9.17, 15) is 9.90 Å². The number of Topliss-reactive ketones (excluding diaryl/α,β-unsaturated/α-hetero) is 1. The van der Waals surface area contributed by atoms with Crippen LogP contribution in [0.2, 0.25) is 0 Å². The van der Waals surface area contributed by atoms with Crippen LogP contribution < -0.4 is 0 Å². The SMILES string of the molecule is COC(CO)(CC(C)C)C(=O)C(C)C. The summed E-state index contributed by atoms with van der Waals surface area (Å²) < 4.78 is 5.22. The van der Waals surface area contributed by atoms with E-state index in [-0.39, 0.29) is 18.3 Å². The molecule has 3 nitrogen and oxygen atoms in total. The Balaban J connectivity index is 4.77. The van der Waals surface area contributed by atoms with Gasteiger partial charge in [0.25, 0.3) is 0 Å². The molecule has 0 saturated carbocycles. The van der Waals surface area contributed by atoms with Crippen LogP contribution in [0.4, 0.5) is 0 Å². The van der Waals surface area contributed by atoms with Crippen LogP contribution in [0.1, 0.15) is 34.1 Å². The van der Waals surface area contributed by atoms with E-state index < -0.39 is 5.60 Å². The number of aliphatic hydroxyl groups excluding tert-OH is 1. The smallest absolute Gasteiger partial charge is 0.169 e. The van der Waals surface area contributed by atoms with Crippen molar-refractivity contribution < 1.29 is 14.6 Å². The van der Waals surface area contributed by atoms with Crippen molar-refractivity contribution in [2.24, 2.45) is 11.8 Å². The maximum atomic E-state index is 11.9. The molecule has 0 bridgehead atoms. The van der Waals surface area contributed by atoms with Gasteiger partial charge in [0.2, 0.25) is 0 Å². The number of ether oxygens (including phenoxy) is 1. The van der Waals surface area contributed by atoms with E-state index in [0.29, 0.717) is 12.3 Å². The average Bonchev–Trinajstić information content (AvgIpc) is 2.12. The van der Waals surface area contributed by atoms with Crippen LogP contribution in [0.25, 0.3) is 0 Å². The van der Waals surface area contributed by atoms with Crippen LogP contribution in [0.5, 0.6) is 0 Å². The lowest BCUT2D eigenvalue weighted by Gasteiger charge is -2.32. The maximum absolute atomic E-state index is 11.9. The Labute approximate surface area is 86.5 Å². The van der Waals surface area contributed by atoms with E-state index in [1.807, 2.05) is 27.7 Å². The molecule has 14 heavy (non-hydrogen) atoms. The lowest BCUT2D eigenvalue weighted by molar-refractivity contribution is -0.152. The van der Waals surface area contributed by atoms with Crippen molar-refractivity contribution in [3.63, 3.8) is 0 Å². The molecule has 0 aliphatic rings. The Morgan fingerprint density at radius 1 is 1.36 bits per heavy atom. The van der Waals surface area contributed by atoms with Gasteiger partial charge in [-0.1, -0.05) is 27.7 Å². The van der Waals surface area contributed by atoms with Crippen molar-refractivity contribution >= 4 is 5.78 Å². The van der Waals surface area contributed by atoms with E-state index in [4.69, 9.17) is 4.74 Å². The summed E-state index contributed by atoms with van der Waals surface area (Å²) in [4.78, 5) is 11.9. The number of methoxy groups -OCH3 is 1. The highest BCUT2D eigenvalue weighted by molar-refractivity contribution is 5.89. The zero-order chi connectivity index (χ0) is 11.4. The van der Waals surface area contributed by atoms with Gasteiger partial charge in [-0.2, -0.15) is 0 Å². The van der Waals surface area contributed by atoms with Crippen molar-refractivity contribution in [3.8, 4) is 0 Å². The molecule has 0 aliphatic heterocycles. The normalized spacial score (nSPS) is 16.0. The number of rotatable bonds is 6. The lowest BCUT2D eigenvalue weighted by atomic mass is 9.84. The number of hydrogen-bond donors (Lipinski definition) is 1. The summed E-state index contributed by atoms with van der Waals surface area (Å²) in [6.45, 7) is 7.44. The van der Waals surface area contributed by atoms with Crippen LogP contribution in [0.15, 0.2) is 0 Å². The largest absolute Gasteiger partial charge is 0.393 e. The van der Waals surface area contributed by atoms with Gasteiger partial charge in [-0.15, -0.1) is 0 Å². The Bertz CT molecular complexity index is 181. The summed E-state index contributed by atoms with van der Waals surface area (Å²) in [6.07, 6.45) is 0.566. The first-order valence-electron chi connectivity index (χ1n) is 5.10. The zero-order valence-corrected chi connectivity index (χ0v) is 9.83. The summed E-state index contributed by atoms with van der Waals surface area (Å²) in [6, 6.07) is 0. The van der Waals surface area contributed by atoms with E-state index in [2.05, 4.69) is 0 Å². The predicted molar refractivity (Wildman–Crippen MR) is 56.1 cm³/mol. The van der Waals surface area contributed by atoms with E-state index in [1.54, 1.807) is 0 Å². The summed E-state index contributed by atoms with van der Waals surface area (Å²) in [7, 11) is 1.48. The van der Waals surface area contributed by atoms with Crippen LogP contribution in [0.3, 0.4) is 0 Å². The zero-order valence-electron chi connectivity index (χ0n) is 9.83. The fraction of sp³-hybridized carbons (Fsp3) is 0.909. The van der Waals surface area contributed by atoms with Crippen LogP contribution in [-0.2, 0) is 9.53 Å². The molecule has 0 heterocycles. The van der Waals surface area contributed by atoms with Crippen molar-refractivity contribution in [1.82, 2.24) is 0 Å². The van der Waals surface area contributed by atoms with Gasteiger partial charge < -0.3 is 9.84 Å². The van der Waals surface area contributed by atoms with E-state index in [0.717, 1.165) is 0 Å². The van der Waals surface area contributed by atoms with Crippen molar-refractivity contribution in [1.29, 1.82) is 0 Å². The molecule has 1 N–H and O–H groups in total. The second-order valence-corrected chi connectivity index (χ2v) is 4.47. The number of ketones is 1. The highest BCUT2D eigenvalue weighted by atomic mass is 16.5. The molecule has 84 valence electrons. The van der Waals surface area contributed by atoms with Gasteiger partial charge in [0.05, 0.1) is 6.61 Å². The molecule has 3 heteroatoms. The van der Waals surface area contributed by atoms with Crippen molar-refractivity contribution in [3.05, 3.63) is 0 Å². The minimum Gasteiger partial charge on any atom is -0.393 e. The van der Waals surface area contributed by atoms with E-state index in [1.165, 1.54) is 7.11 Å². The molecule has 0 radical (unpaired) electrons. The number of carbonyl (C=O) groups is 1. The summed E-state index contributed by atoms with van der Waals surface area (Å²) in [5.41, 5.74) is -0.998. The van der Waals surface area contributed by atoms with Crippen molar-refractivity contribution in [2.75, 3.05) is 13.7 Å². The third kappa shape index (κ3) is 3.07. The van der Waals surface area contributed by atoms with Gasteiger partial charge in [0, 0.05) is 13.0 Å². The average molecular weight is 202 g/mol. The first kappa shape index (κ1) is 13.6. The molecule has 1 atom stereocenters. The Morgan fingerprint density at radius 3 is 2.07 bits per heavy atom. The van der Waals surface area contributed by atoms with Crippen LogP contribution in [-0.4, -0.2) is 30.2 Å². The minimum absolute atomic E-state index is 0.0174. The van der Waals surface area contributed by atoms with Gasteiger partial charge in [0.1, 0.15) is 5.60 Å².